The third kappa shape index (κ3) is 3.25. The van der Waals surface area contributed by atoms with E-state index in [-0.39, 0.29) is 11.4 Å². The van der Waals surface area contributed by atoms with Crippen molar-refractivity contribution in [2.45, 2.75) is 13.3 Å². The number of aryl methyl sites for hydroxylation is 1. The van der Waals surface area contributed by atoms with Gasteiger partial charge in [-0.25, -0.2) is 9.37 Å². The molecule has 0 spiro atoms. The maximum atomic E-state index is 15.4. The van der Waals surface area contributed by atoms with Crippen molar-refractivity contribution in [2.75, 3.05) is 26.2 Å². The zero-order valence-electron chi connectivity index (χ0n) is 15.7. The van der Waals surface area contributed by atoms with Crippen LogP contribution >= 0.6 is 0 Å². The number of hydrogen-bond donors (Lipinski definition) is 2. The van der Waals surface area contributed by atoms with Crippen LogP contribution in [0.1, 0.15) is 32.6 Å². The summed E-state index contributed by atoms with van der Waals surface area (Å²) in [5.74, 6) is 2.01. The van der Waals surface area contributed by atoms with E-state index in [2.05, 4.69) is 21.2 Å². The summed E-state index contributed by atoms with van der Waals surface area (Å²) < 4.78 is 15.4. The third-order valence-corrected chi connectivity index (χ3v) is 5.27. The van der Waals surface area contributed by atoms with Gasteiger partial charge >= 0.3 is 0 Å². The number of aromatic nitrogens is 2. The molecule has 1 fully saturated rings. The molecule has 5 nitrogen and oxygen atoms in total. The van der Waals surface area contributed by atoms with E-state index in [0.29, 0.717) is 36.2 Å². The minimum absolute atomic E-state index is 0.148. The number of aromatic amines is 1. The Morgan fingerprint density at radius 1 is 1.32 bits per heavy atom. The lowest BCUT2D eigenvalue weighted by atomic mass is 9.94. The maximum Gasteiger partial charge on any atom is 0.254 e. The van der Waals surface area contributed by atoms with Gasteiger partial charge in [-0.15, -0.1) is 6.42 Å². The molecule has 28 heavy (non-hydrogen) atoms. The van der Waals surface area contributed by atoms with Crippen LogP contribution in [0.3, 0.4) is 0 Å². The number of imidazole rings is 1. The predicted molar refractivity (Wildman–Crippen MR) is 107 cm³/mol. The first kappa shape index (κ1) is 18.2. The van der Waals surface area contributed by atoms with Gasteiger partial charge in [-0.1, -0.05) is 12.0 Å². The zero-order chi connectivity index (χ0) is 19.7. The number of carbonyl (C=O) groups excluding carboxylic acids is 1. The largest absolute Gasteiger partial charge is 0.344 e. The number of benzene rings is 2. The second kappa shape index (κ2) is 7.45. The molecule has 1 aliphatic heterocycles. The molecule has 2 N–H and O–H groups in total. The molecule has 4 rings (SSSR count). The molecule has 1 aliphatic rings. The molecule has 1 saturated heterocycles. The monoisotopic (exact) mass is 376 g/mol. The van der Waals surface area contributed by atoms with Crippen LogP contribution in [0.2, 0.25) is 0 Å². The highest BCUT2D eigenvalue weighted by molar-refractivity contribution is 5.99. The first-order chi connectivity index (χ1) is 13.6. The second-order valence-corrected chi connectivity index (χ2v) is 7.02. The average molecular weight is 376 g/mol. The Kier molecular flexibility index (Phi) is 4.84. The first-order valence-corrected chi connectivity index (χ1v) is 9.29. The Balaban J connectivity index is 1.80. The SMILES string of the molecule is C#Cc1ccc(Cc2c(C(=O)N3CCNCC3)cc3[nH]cnc3c2F)c(C)c1. The molecule has 0 unspecified atom stereocenters. The van der Waals surface area contributed by atoms with Crippen molar-refractivity contribution in [3.8, 4) is 12.3 Å². The Labute approximate surface area is 163 Å². The quantitative estimate of drug-likeness (QED) is 0.691. The molecule has 2 aromatic carbocycles. The van der Waals surface area contributed by atoms with Crippen LogP contribution in [0.4, 0.5) is 4.39 Å². The van der Waals surface area contributed by atoms with Crippen molar-refractivity contribution in [3.63, 3.8) is 0 Å². The predicted octanol–water partition coefficient (Wildman–Crippen LogP) is 2.63. The summed E-state index contributed by atoms with van der Waals surface area (Å²) in [6, 6.07) is 7.36. The Morgan fingerprint density at radius 3 is 2.82 bits per heavy atom. The smallest absolute Gasteiger partial charge is 0.254 e. The summed E-state index contributed by atoms with van der Waals surface area (Å²) >= 11 is 0. The number of piperazine rings is 1. The van der Waals surface area contributed by atoms with Crippen molar-refractivity contribution in [2.24, 2.45) is 0 Å². The van der Waals surface area contributed by atoms with Gasteiger partial charge in [0.25, 0.3) is 5.91 Å². The van der Waals surface area contributed by atoms with E-state index in [4.69, 9.17) is 6.42 Å². The number of halogens is 1. The van der Waals surface area contributed by atoms with Crippen LogP contribution in [-0.4, -0.2) is 47.0 Å². The van der Waals surface area contributed by atoms with Crippen LogP contribution in [0.25, 0.3) is 11.0 Å². The molecule has 0 aliphatic carbocycles. The Morgan fingerprint density at radius 2 is 2.11 bits per heavy atom. The number of rotatable bonds is 3. The van der Waals surface area contributed by atoms with Gasteiger partial charge in [0.05, 0.1) is 11.8 Å². The standard InChI is InChI=1S/C22H21FN4O/c1-3-15-4-5-16(14(2)10-15)11-17-18(22(28)27-8-6-24-7-9-27)12-19-21(20(17)23)26-13-25-19/h1,4-5,10,12-13,24H,6-9,11H2,2H3,(H,25,26). The summed E-state index contributed by atoms with van der Waals surface area (Å²) in [6.07, 6.45) is 7.22. The van der Waals surface area contributed by atoms with Crippen molar-refractivity contribution in [1.82, 2.24) is 20.2 Å². The van der Waals surface area contributed by atoms with Gasteiger partial charge < -0.3 is 15.2 Å². The van der Waals surface area contributed by atoms with Crippen LogP contribution in [-0.2, 0) is 6.42 Å². The summed E-state index contributed by atoms with van der Waals surface area (Å²) in [5.41, 5.74) is 4.22. The van der Waals surface area contributed by atoms with E-state index in [1.54, 1.807) is 11.0 Å². The topological polar surface area (TPSA) is 61.0 Å². The second-order valence-electron chi connectivity index (χ2n) is 7.02. The fraction of sp³-hybridized carbons (Fsp3) is 0.273. The molecule has 1 amide bonds. The van der Waals surface area contributed by atoms with Crippen LogP contribution in [0, 0.1) is 25.1 Å². The van der Waals surface area contributed by atoms with Gasteiger partial charge in [0.15, 0.2) is 5.82 Å². The highest BCUT2D eigenvalue weighted by atomic mass is 19.1. The number of nitrogens with zero attached hydrogens (tertiary/aromatic N) is 2. The van der Waals surface area contributed by atoms with Crippen LogP contribution < -0.4 is 5.32 Å². The van der Waals surface area contributed by atoms with Gasteiger partial charge in [0.2, 0.25) is 0 Å². The minimum Gasteiger partial charge on any atom is -0.344 e. The van der Waals surface area contributed by atoms with E-state index in [9.17, 15) is 4.79 Å². The van der Waals surface area contributed by atoms with Crippen molar-refractivity contribution >= 4 is 16.9 Å². The van der Waals surface area contributed by atoms with Crippen LogP contribution in [0.5, 0.6) is 0 Å². The average Bonchev–Trinajstić information content (AvgIpc) is 3.20. The number of nitrogens with one attached hydrogen (secondary N) is 2. The van der Waals surface area contributed by atoms with E-state index >= 15 is 4.39 Å². The van der Waals surface area contributed by atoms with Crippen molar-refractivity contribution in [1.29, 1.82) is 0 Å². The fourth-order valence-electron chi connectivity index (χ4n) is 3.66. The zero-order valence-corrected chi connectivity index (χ0v) is 15.7. The summed E-state index contributed by atoms with van der Waals surface area (Å²) in [7, 11) is 0. The lowest BCUT2D eigenvalue weighted by Crippen LogP contribution is -2.46. The summed E-state index contributed by atoms with van der Waals surface area (Å²) in [6.45, 7) is 4.64. The van der Waals surface area contributed by atoms with E-state index in [1.165, 1.54) is 6.33 Å². The normalized spacial score (nSPS) is 14.2. The molecule has 6 heteroatoms. The van der Waals surface area contributed by atoms with Crippen LogP contribution in [0.15, 0.2) is 30.6 Å². The number of carbonyl (C=O) groups is 1. The fourth-order valence-corrected chi connectivity index (χ4v) is 3.66. The van der Waals surface area contributed by atoms with Crippen molar-refractivity contribution < 1.29 is 9.18 Å². The maximum absolute atomic E-state index is 15.4. The highest BCUT2D eigenvalue weighted by Gasteiger charge is 2.25. The number of hydrogen-bond acceptors (Lipinski definition) is 3. The van der Waals surface area contributed by atoms with Crippen molar-refractivity contribution in [3.05, 3.63) is 64.2 Å². The molecular weight excluding hydrogens is 355 g/mol. The number of fused-ring (bicyclic) bond motifs is 1. The van der Waals surface area contributed by atoms with Gasteiger partial charge in [0.1, 0.15) is 5.52 Å². The number of terminal acetylenes is 1. The summed E-state index contributed by atoms with van der Waals surface area (Å²) in [4.78, 5) is 22.0. The number of H-pyrrole nitrogens is 1. The molecule has 0 atom stereocenters. The molecule has 0 bridgehead atoms. The molecule has 2 heterocycles. The molecule has 0 saturated carbocycles. The lowest BCUT2D eigenvalue weighted by Gasteiger charge is -2.28. The van der Waals surface area contributed by atoms with Gasteiger partial charge in [-0.3, -0.25) is 4.79 Å². The Hall–Kier alpha value is -3.17. The third-order valence-electron chi connectivity index (χ3n) is 5.27. The molecular formula is C22H21FN4O. The molecule has 142 valence electrons. The van der Waals surface area contributed by atoms with E-state index < -0.39 is 5.82 Å². The van der Waals surface area contributed by atoms with E-state index in [0.717, 1.165) is 29.8 Å². The first-order valence-electron chi connectivity index (χ1n) is 9.29. The highest BCUT2D eigenvalue weighted by Crippen LogP contribution is 2.27. The van der Waals surface area contributed by atoms with E-state index in [1.807, 2.05) is 25.1 Å². The number of amides is 1. The molecule has 1 aromatic heterocycles. The lowest BCUT2D eigenvalue weighted by molar-refractivity contribution is 0.0734. The van der Waals surface area contributed by atoms with Gasteiger partial charge in [0, 0.05) is 49.3 Å². The molecule has 0 radical (unpaired) electrons. The minimum atomic E-state index is -0.447. The Bertz CT molecular complexity index is 1090. The molecule has 3 aromatic rings. The van der Waals surface area contributed by atoms with Gasteiger partial charge in [-0.2, -0.15) is 0 Å². The van der Waals surface area contributed by atoms with Gasteiger partial charge in [-0.05, 0) is 36.2 Å². The summed E-state index contributed by atoms with van der Waals surface area (Å²) in [5, 5.41) is 3.23.